The lowest BCUT2D eigenvalue weighted by Gasteiger charge is -2.20. The molecule has 0 spiro atoms. The van der Waals surface area contributed by atoms with Crippen LogP contribution >= 0.6 is 0 Å². The lowest BCUT2D eigenvalue weighted by Crippen LogP contribution is -2.34. The van der Waals surface area contributed by atoms with Gasteiger partial charge in [-0.05, 0) is 30.5 Å². The van der Waals surface area contributed by atoms with Crippen molar-refractivity contribution in [2.24, 2.45) is 11.8 Å². The number of nitrogens with zero attached hydrogens (tertiary/aromatic N) is 1. The first-order valence-electron chi connectivity index (χ1n) is 7.97. The number of hydrogen-bond donors (Lipinski definition) is 1. The molecule has 26 heavy (non-hydrogen) atoms. The van der Waals surface area contributed by atoms with E-state index >= 15 is 0 Å². The van der Waals surface area contributed by atoms with Crippen LogP contribution in [0.15, 0.2) is 23.1 Å². The van der Waals surface area contributed by atoms with Gasteiger partial charge in [0.25, 0.3) is 0 Å². The van der Waals surface area contributed by atoms with Crippen molar-refractivity contribution in [1.82, 2.24) is 4.31 Å². The summed E-state index contributed by atoms with van der Waals surface area (Å²) in [4.78, 5) is 22.8. The summed E-state index contributed by atoms with van der Waals surface area (Å²) < 4.78 is 65.2. The highest BCUT2D eigenvalue weighted by atomic mass is 32.2. The van der Waals surface area contributed by atoms with Crippen LogP contribution in [0.5, 0.6) is 0 Å². The average molecular weight is 391 g/mol. The number of benzene rings is 1. The number of fused-ring (bicyclic) bond motifs is 1. The summed E-state index contributed by atoms with van der Waals surface area (Å²) in [5.41, 5.74) is 0.969. The van der Waals surface area contributed by atoms with Gasteiger partial charge >= 0.3 is 12.1 Å². The van der Waals surface area contributed by atoms with Gasteiger partial charge in [-0.1, -0.05) is 6.07 Å². The molecule has 0 radical (unpaired) electrons. The van der Waals surface area contributed by atoms with E-state index < -0.39 is 47.1 Å². The van der Waals surface area contributed by atoms with Crippen LogP contribution in [-0.2, 0) is 21.2 Å². The Morgan fingerprint density at radius 2 is 1.88 bits per heavy atom. The van der Waals surface area contributed by atoms with E-state index in [-0.39, 0.29) is 22.7 Å². The van der Waals surface area contributed by atoms with Crippen molar-refractivity contribution < 1.29 is 36.3 Å². The minimum atomic E-state index is -4.82. The topological polar surface area (TPSA) is 91.8 Å². The summed E-state index contributed by atoms with van der Waals surface area (Å²) in [6.45, 7) is -1.71. The summed E-state index contributed by atoms with van der Waals surface area (Å²) in [5.74, 6) is -6.02. The predicted octanol–water partition coefficient (Wildman–Crippen LogP) is 2.09. The molecule has 0 unspecified atom stereocenters. The van der Waals surface area contributed by atoms with Gasteiger partial charge in [0, 0.05) is 25.1 Å². The molecule has 2 aliphatic rings. The number of ketones is 1. The van der Waals surface area contributed by atoms with E-state index in [1.807, 2.05) is 0 Å². The largest absolute Gasteiger partial charge is 0.481 e. The Kier molecular flexibility index (Phi) is 4.60. The normalized spacial score (nSPS) is 24.5. The number of carbonyl (C=O) groups is 2. The molecule has 1 N–H and O–H groups in total. The van der Waals surface area contributed by atoms with Gasteiger partial charge < -0.3 is 5.11 Å². The molecule has 0 aromatic heterocycles. The number of carboxylic acids is 1. The molecule has 1 aliphatic carbocycles. The molecule has 1 fully saturated rings. The van der Waals surface area contributed by atoms with Crippen molar-refractivity contribution in [3.8, 4) is 0 Å². The summed E-state index contributed by atoms with van der Waals surface area (Å²) in [5, 5.41) is 9.03. The maximum atomic E-state index is 13.1. The minimum absolute atomic E-state index is 0.207. The first-order chi connectivity index (χ1) is 12.0. The molecule has 0 bridgehead atoms. The molecular formula is C16H16F3NO5S. The molecular weight excluding hydrogens is 375 g/mol. The lowest BCUT2D eigenvalue weighted by atomic mass is 9.91. The first-order valence-corrected chi connectivity index (χ1v) is 9.41. The summed E-state index contributed by atoms with van der Waals surface area (Å²) in [6.07, 6.45) is -3.24. The Balaban J connectivity index is 1.95. The van der Waals surface area contributed by atoms with Crippen molar-refractivity contribution >= 4 is 21.8 Å². The number of halogens is 3. The number of alkyl halides is 3. The van der Waals surface area contributed by atoms with Crippen molar-refractivity contribution in [1.29, 1.82) is 0 Å². The van der Waals surface area contributed by atoms with Gasteiger partial charge in [-0.2, -0.15) is 17.5 Å². The molecule has 1 aliphatic heterocycles. The maximum Gasteiger partial charge on any atom is 0.393 e. The fourth-order valence-corrected chi connectivity index (χ4v) is 4.98. The number of aliphatic carboxylic acids is 1. The van der Waals surface area contributed by atoms with Crippen LogP contribution in [0.1, 0.15) is 28.8 Å². The highest BCUT2D eigenvalue weighted by Crippen LogP contribution is 2.40. The van der Waals surface area contributed by atoms with Crippen molar-refractivity contribution in [2.75, 3.05) is 13.1 Å². The van der Waals surface area contributed by atoms with E-state index in [1.165, 1.54) is 18.2 Å². The SMILES string of the molecule is O=C1CCCc2ccc(S(=O)(=O)N3C[C@@H](C(F)(F)F)[C@H](C(=O)O)C3)cc21. The van der Waals surface area contributed by atoms with Crippen LogP contribution in [0, 0.1) is 11.8 Å². The van der Waals surface area contributed by atoms with Crippen LogP contribution < -0.4 is 0 Å². The Bertz CT molecular complexity index is 865. The van der Waals surface area contributed by atoms with Crippen molar-refractivity contribution in [3.63, 3.8) is 0 Å². The fraction of sp³-hybridized carbons (Fsp3) is 0.500. The maximum absolute atomic E-state index is 13.1. The van der Waals surface area contributed by atoms with Gasteiger partial charge in [-0.25, -0.2) is 8.42 Å². The van der Waals surface area contributed by atoms with Crippen LogP contribution in [0.4, 0.5) is 13.2 Å². The Morgan fingerprint density at radius 3 is 2.46 bits per heavy atom. The van der Waals surface area contributed by atoms with Crippen LogP contribution in [0.3, 0.4) is 0 Å². The average Bonchev–Trinajstić information content (AvgIpc) is 3.01. The molecule has 1 heterocycles. The van der Waals surface area contributed by atoms with E-state index in [2.05, 4.69) is 0 Å². The molecule has 6 nitrogen and oxygen atoms in total. The highest BCUT2D eigenvalue weighted by Gasteiger charge is 2.55. The Hall–Kier alpha value is -1.94. The van der Waals surface area contributed by atoms with Crippen LogP contribution in [0.2, 0.25) is 0 Å². The van der Waals surface area contributed by atoms with E-state index in [4.69, 9.17) is 5.11 Å². The molecule has 1 aromatic carbocycles. The molecule has 3 rings (SSSR count). The zero-order valence-corrected chi connectivity index (χ0v) is 14.3. The van der Waals surface area contributed by atoms with Gasteiger partial charge in [0.05, 0.1) is 16.7 Å². The third-order valence-electron chi connectivity index (χ3n) is 4.89. The van der Waals surface area contributed by atoms with Gasteiger partial charge in [-0.3, -0.25) is 9.59 Å². The number of sulfonamides is 1. The first kappa shape index (κ1) is 18.8. The Morgan fingerprint density at radius 1 is 1.19 bits per heavy atom. The van der Waals surface area contributed by atoms with E-state index in [0.717, 1.165) is 0 Å². The number of carboxylic acid groups (broad SMARTS) is 1. The molecule has 1 saturated heterocycles. The van der Waals surface area contributed by atoms with Crippen molar-refractivity contribution in [3.05, 3.63) is 29.3 Å². The zero-order valence-electron chi connectivity index (χ0n) is 13.5. The highest BCUT2D eigenvalue weighted by molar-refractivity contribution is 7.89. The number of carbonyl (C=O) groups excluding carboxylic acids is 1. The van der Waals surface area contributed by atoms with Crippen molar-refractivity contribution in [2.45, 2.75) is 30.3 Å². The standard InChI is InChI=1S/C16H16F3NO5S/c17-16(18,19)13-8-20(7-12(13)15(22)23)26(24,25)10-5-4-9-2-1-3-14(21)11(9)6-10/h4-6,12-13H,1-3,7-8H2,(H,22,23)/t12-,13-/m1/s1. The molecule has 142 valence electrons. The van der Waals surface area contributed by atoms with Gasteiger partial charge in [0.15, 0.2) is 5.78 Å². The number of aryl methyl sites for hydroxylation is 1. The monoisotopic (exact) mass is 391 g/mol. The van der Waals surface area contributed by atoms with Crippen LogP contribution in [-0.4, -0.2) is 48.8 Å². The number of rotatable bonds is 3. The minimum Gasteiger partial charge on any atom is -0.481 e. The zero-order chi connectivity index (χ0) is 19.3. The smallest absolute Gasteiger partial charge is 0.393 e. The fourth-order valence-electron chi connectivity index (χ4n) is 3.46. The number of Topliss-reactive ketones (excluding diaryl/α,β-unsaturated/α-hetero) is 1. The van der Waals surface area contributed by atoms with Gasteiger partial charge in [0.2, 0.25) is 10.0 Å². The molecule has 1 aromatic rings. The van der Waals surface area contributed by atoms with E-state index in [0.29, 0.717) is 22.7 Å². The van der Waals surface area contributed by atoms with Gasteiger partial charge in [0.1, 0.15) is 0 Å². The van der Waals surface area contributed by atoms with E-state index in [9.17, 15) is 31.2 Å². The lowest BCUT2D eigenvalue weighted by molar-refractivity contribution is -0.187. The molecule has 0 saturated carbocycles. The Labute approximate surface area is 147 Å². The summed E-state index contributed by atoms with van der Waals surface area (Å²) in [7, 11) is -4.34. The van der Waals surface area contributed by atoms with Crippen LogP contribution in [0.25, 0.3) is 0 Å². The second-order valence-electron chi connectivity index (χ2n) is 6.51. The number of hydrogen-bond acceptors (Lipinski definition) is 4. The molecule has 0 amide bonds. The second kappa shape index (κ2) is 6.34. The van der Waals surface area contributed by atoms with Gasteiger partial charge in [-0.15, -0.1) is 0 Å². The second-order valence-corrected chi connectivity index (χ2v) is 8.45. The third kappa shape index (κ3) is 3.23. The quantitative estimate of drug-likeness (QED) is 0.852. The third-order valence-corrected chi connectivity index (χ3v) is 6.72. The molecule has 10 heteroatoms. The summed E-state index contributed by atoms with van der Waals surface area (Å²) in [6, 6.07) is 3.93. The predicted molar refractivity (Wildman–Crippen MR) is 83.1 cm³/mol. The summed E-state index contributed by atoms with van der Waals surface area (Å²) >= 11 is 0. The molecule has 2 atom stereocenters. The van der Waals surface area contributed by atoms with E-state index in [1.54, 1.807) is 0 Å².